The van der Waals surface area contributed by atoms with Gasteiger partial charge < -0.3 is 5.73 Å². The molecule has 15 heavy (non-hydrogen) atoms. The molecule has 0 amide bonds. The van der Waals surface area contributed by atoms with Crippen molar-refractivity contribution in [2.24, 2.45) is 11.7 Å². The predicted octanol–water partition coefficient (Wildman–Crippen LogP) is 3.70. The summed E-state index contributed by atoms with van der Waals surface area (Å²) in [6.45, 7) is 0. The van der Waals surface area contributed by atoms with Crippen molar-refractivity contribution in [1.82, 2.24) is 0 Å². The first kappa shape index (κ1) is 12.8. The highest BCUT2D eigenvalue weighted by Gasteiger charge is 2.25. The molecule has 0 radical (unpaired) electrons. The van der Waals surface area contributed by atoms with Gasteiger partial charge in [-0.05, 0) is 30.5 Å². The summed E-state index contributed by atoms with van der Waals surface area (Å²) in [5.41, 5.74) is 6.45. The third kappa shape index (κ3) is 3.33. The molecule has 1 aromatic carbocycles. The van der Waals surface area contributed by atoms with E-state index in [4.69, 9.17) is 17.3 Å². The molecular weight excluding hydrogens is 236 g/mol. The van der Waals surface area contributed by atoms with Crippen LogP contribution >= 0.6 is 24.0 Å². The maximum absolute atomic E-state index is 13.4. The highest BCUT2D eigenvalue weighted by atomic mass is 35.5. The van der Waals surface area contributed by atoms with Crippen molar-refractivity contribution in [3.8, 4) is 0 Å². The molecule has 2 rings (SSSR count). The Balaban J connectivity index is 0.00000112. The molecule has 84 valence electrons. The lowest BCUT2D eigenvalue weighted by atomic mass is 10.0. The Bertz CT molecular complexity index is 339. The first-order chi connectivity index (χ1) is 6.66. The molecule has 0 heterocycles. The number of nitrogens with two attached hydrogens (primary N) is 1. The van der Waals surface area contributed by atoms with Gasteiger partial charge in [0.05, 0.1) is 0 Å². The quantitative estimate of drug-likeness (QED) is 0.869. The highest BCUT2D eigenvalue weighted by Crippen LogP contribution is 2.37. The average molecular weight is 250 g/mol. The third-order valence-electron chi connectivity index (χ3n) is 2.64. The highest BCUT2D eigenvalue weighted by molar-refractivity contribution is 6.30. The van der Waals surface area contributed by atoms with Crippen LogP contribution in [0.1, 0.15) is 30.9 Å². The molecular formula is C11H14Cl2FN. The van der Waals surface area contributed by atoms with Crippen LogP contribution in [0.25, 0.3) is 0 Å². The van der Waals surface area contributed by atoms with E-state index >= 15 is 0 Å². The van der Waals surface area contributed by atoms with E-state index in [0.29, 0.717) is 16.5 Å². The third-order valence-corrected chi connectivity index (χ3v) is 2.88. The second-order valence-corrected chi connectivity index (χ2v) is 4.39. The normalized spacial score (nSPS) is 17.0. The van der Waals surface area contributed by atoms with E-state index in [1.54, 1.807) is 12.1 Å². The van der Waals surface area contributed by atoms with E-state index in [1.165, 1.54) is 18.9 Å². The average Bonchev–Trinajstić information content (AvgIpc) is 2.93. The smallest absolute Gasteiger partial charge is 0.128 e. The first-order valence-corrected chi connectivity index (χ1v) is 5.25. The van der Waals surface area contributed by atoms with Crippen LogP contribution in [0, 0.1) is 11.7 Å². The monoisotopic (exact) mass is 249 g/mol. The zero-order valence-corrected chi connectivity index (χ0v) is 9.82. The van der Waals surface area contributed by atoms with Gasteiger partial charge in [-0.3, -0.25) is 0 Å². The Morgan fingerprint density at radius 2 is 2.13 bits per heavy atom. The summed E-state index contributed by atoms with van der Waals surface area (Å²) < 4.78 is 13.4. The molecule has 2 N–H and O–H groups in total. The number of halogens is 3. The molecule has 0 bridgehead atoms. The van der Waals surface area contributed by atoms with E-state index in [-0.39, 0.29) is 24.3 Å². The Hall–Kier alpha value is -0.310. The molecule has 0 aromatic heterocycles. The minimum absolute atomic E-state index is 0. The fraction of sp³-hybridized carbons (Fsp3) is 0.455. The van der Waals surface area contributed by atoms with Crippen molar-refractivity contribution >= 4 is 24.0 Å². The first-order valence-electron chi connectivity index (χ1n) is 4.87. The molecule has 0 aliphatic heterocycles. The Labute approximate surface area is 100 Å². The molecule has 1 atom stereocenters. The summed E-state index contributed by atoms with van der Waals surface area (Å²) in [4.78, 5) is 0. The number of hydrogen-bond donors (Lipinski definition) is 1. The van der Waals surface area contributed by atoms with Gasteiger partial charge in [-0.2, -0.15) is 0 Å². The lowest BCUT2D eigenvalue weighted by molar-refractivity contribution is 0.543. The second kappa shape index (κ2) is 5.15. The SMILES string of the molecule is Cl.N[C@@H](CC1CC1)c1cc(Cl)ccc1F. The van der Waals surface area contributed by atoms with Gasteiger partial charge in [0.15, 0.2) is 0 Å². The van der Waals surface area contributed by atoms with Crippen molar-refractivity contribution in [3.63, 3.8) is 0 Å². The maximum atomic E-state index is 13.4. The summed E-state index contributed by atoms with van der Waals surface area (Å²) in [6.07, 6.45) is 3.34. The molecule has 1 saturated carbocycles. The summed E-state index contributed by atoms with van der Waals surface area (Å²) in [6, 6.07) is 4.35. The molecule has 0 spiro atoms. The standard InChI is InChI=1S/C11H13ClFN.ClH/c12-8-3-4-10(13)9(6-8)11(14)5-7-1-2-7;/h3-4,6-7,11H,1-2,5,14H2;1H/t11-;/m0./s1. The van der Waals surface area contributed by atoms with E-state index in [9.17, 15) is 4.39 Å². The second-order valence-electron chi connectivity index (χ2n) is 3.95. The molecule has 1 aliphatic carbocycles. The van der Waals surface area contributed by atoms with Gasteiger partial charge in [-0.25, -0.2) is 4.39 Å². The van der Waals surface area contributed by atoms with Crippen molar-refractivity contribution in [3.05, 3.63) is 34.6 Å². The predicted molar refractivity (Wildman–Crippen MR) is 62.9 cm³/mol. The van der Waals surface area contributed by atoms with E-state index in [0.717, 1.165) is 6.42 Å². The largest absolute Gasteiger partial charge is 0.324 e. The van der Waals surface area contributed by atoms with Crippen LogP contribution in [0.4, 0.5) is 4.39 Å². The Morgan fingerprint density at radius 3 is 2.73 bits per heavy atom. The molecule has 1 fully saturated rings. The van der Waals surface area contributed by atoms with Gasteiger partial charge in [0, 0.05) is 16.6 Å². The molecule has 1 aliphatic rings. The summed E-state index contributed by atoms with van der Waals surface area (Å²) in [5, 5.41) is 0.549. The fourth-order valence-corrected chi connectivity index (χ4v) is 1.82. The summed E-state index contributed by atoms with van der Waals surface area (Å²) in [5.74, 6) is 0.450. The van der Waals surface area contributed by atoms with Crippen molar-refractivity contribution < 1.29 is 4.39 Å². The lowest BCUT2D eigenvalue weighted by Crippen LogP contribution is -2.12. The van der Waals surface area contributed by atoms with Gasteiger partial charge >= 0.3 is 0 Å². The van der Waals surface area contributed by atoms with Crippen LogP contribution in [0.2, 0.25) is 5.02 Å². The van der Waals surface area contributed by atoms with E-state index in [1.807, 2.05) is 0 Å². The summed E-state index contributed by atoms with van der Waals surface area (Å²) >= 11 is 5.79. The zero-order chi connectivity index (χ0) is 10.1. The minimum atomic E-state index is -0.248. The van der Waals surface area contributed by atoms with Crippen LogP contribution in [0.5, 0.6) is 0 Å². The Kier molecular flexibility index (Phi) is 4.38. The van der Waals surface area contributed by atoms with Gasteiger partial charge in [0.1, 0.15) is 5.82 Å². The zero-order valence-electron chi connectivity index (χ0n) is 8.25. The van der Waals surface area contributed by atoms with Gasteiger partial charge in [-0.15, -0.1) is 12.4 Å². The van der Waals surface area contributed by atoms with Crippen molar-refractivity contribution in [2.75, 3.05) is 0 Å². The lowest BCUT2D eigenvalue weighted by Gasteiger charge is -2.12. The molecule has 0 saturated heterocycles. The molecule has 4 heteroatoms. The molecule has 0 unspecified atom stereocenters. The van der Waals surface area contributed by atoms with E-state index < -0.39 is 0 Å². The summed E-state index contributed by atoms with van der Waals surface area (Å²) in [7, 11) is 0. The molecule has 1 nitrogen and oxygen atoms in total. The van der Waals surface area contributed by atoms with E-state index in [2.05, 4.69) is 0 Å². The van der Waals surface area contributed by atoms with Gasteiger partial charge in [0.25, 0.3) is 0 Å². The number of hydrogen-bond acceptors (Lipinski definition) is 1. The van der Waals surface area contributed by atoms with Crippen molar-refractivity contribution in [2.45, 2.75) is 25.3 Å². The van der Waals surface area contributed by atoms with Crippen LogP contribution in [-0.2, 0) is 0 Å². The van der Waals surface area contributed by atoms with Crippen LogP contribution < -0.4 is 5.73 Å². The van der Waals surface area contributed by atoms with Crippen molar-refractivity contribution in [1.29, 1.82) is 0 Å². The minimum Gasteiger partial charge on any atom is -0.324 e. The topological polar surface area (TPSA) is 26.0 Å². The van der Waals surface area contributed by atoms with Crippen LogP contribution in [0.15, 0.2) is 18.2 Å². The Morgan fingerprint density at radius 1 is 1.47 bits per heavy atom. The fourth-order valence-electron chi connectivity index (χ4n) is 1.64. The molecule has 1 aromatic rings. The maximum Gasteiger partial charge on any atom is 0.128 e. The number of rotatable bonds is 3. The number of benzene rings is 1. The van der Waals surface area contributed by atoms with Gasteiger partial charge in [-0.1, -0.05) is 24.4 Å². The van der Waals surface area contributed by atoms with Gasteiger partial charge in [0.2, 0.25) is 0 Å². The van der Waals surface area contributed by atoms with Crippen LogP contribution in [0.3, 0.4) is 0 Å². The van der Waals surface area contributed by atoms with Crippen LogP contribution in [-0.4, -0.2) is 0 Å².